The Kier molecular flexibility index (Phi) is 5.37. The maximum Gasteiger partial charge on any atom is 0.325 e. The summed E-state index contributed by atoms with van der Waals surface area (Å²) in [4.78, 5) is 22.6. The molecule has 1 aromatic rings. The van der Waals surface area contributed by atoms with Crippen molar-refractivity contribution in [3.05, 3.63) is 33.6 Å². The van der Waals surface area contributed by atoms with Gasteiger partial charge >= 0.3 is 5.97 Å². The fraction of sp³-hybridized carbons (Fsp3) is 0.273. The van der Waals surface area contributed by atoms with E-state index in [0.29, 0.717) is 0 Å². The zero-order chi connectivity index (χ0) is 13.7. The predicted octanol–water partition coefficient (Wildman–Crippen LogP) is 2.43. The third-order valence-electron chi connectivity index (χ3n) is 1.95. The summed E-state index contributed by atoms with van der Waals surface area (Å²) in [7, 11) is 0. The Bertz CT molecular complexity index is 480. The van der Waals surface area contributed by atoms with Gasteiger partial charge in [0.25, 0.3) is 5.91 Å². The number of carbonyl (C=O) groups is 2. The van der Waals surface area contributed by atoms with Crippen molar-refractivity contribution in [3.63, 3.8) is 0 Å². The van der Waals surface area contributed by atoms with E-state index >= 15 is 0 Å². The summed E-state index contributed by atoms with van der Waals surface area (Å²) in [5.41, 5.74) is -0.0946. The van der Waals surface area contributed by atoms with E-state index in [2.05, 4.69) is 10.1 Å². The smallest absolute Gasteiger partial charge is 0.325 e. The molecule has 98 valence electrons. The molecule has 4 nitrogen and oxygen atoms in total. The van der Waals surface area contributed by atoms with Crippen LogP contribution in [-0.4, -0.2) is 25.0 Å². The fourth-order valence-corrected chi connectivity index (χ4v) is 1.63. The molecular formula is C11H10Cl2FNO3. The topological polar surface area (TPSA) is 55.4 Å². The summed E-state index contributed by atoms with van der Waals surface area (Å²) in [6, 6.07) is 2.03. The maximum atomic E-state index is 13.2. The molecule has 0 aliphatic rings. The highest BCUT2D eigenvalue weighted by Gasteiger charge is 2.15. The summed E-state index contributed by atoms with van der Waals surface area (Å²) in [6.07, 6.45) is 0. The van der Waals surface area contributed by atoms with Gasteiger partial charge in [0, 0.05) is 0 Å². The quantitative estimate of drug-likeness (QED) is 0.685. The molecule has 0 heterocycles. The summed E-state index contributed by atoms with van der Waals surface area (Å²) >= 11 is 11.2. The Balaban J connectivity index is 2.73. The van der Waals surface area contributed by atoms with Crippen LogP contribution in [0.2, 0.25) is 10.0 Å². The van der Waals surface area contributed by atoms with Gasteiger partial charge in [-0.25, -0.2) is 4.39 Å². The van der Waals surface area contributed by atoms with Crippen molar-refractivity contribution in [1.29, 1.82) is 0 Å². The summed E-state index contributed by atoms with van der Waals surface area (Å²) < 4.78 is 17.8. The van der Waals surface area contributed by atoms with Crippen molar-refractivity contribution in [1.82, 2.24) is 5.32 Å². The normalized spacial score (nSPS) is 10.0. The van der Waals surface area contributed by atoms with Crippen LogP contribution in [0.5, 0.6) is 0 Å². The molecule has 0 aromatic heterocycles. The maximum absolute atomic E-state index is 13.2. The van der Waals surface area contributed by atoms with Crippen molar-refractivity contribution in [2.24, 2.45) is 0 Å². The molecule has 0 saturated carbocycles. The second kappa shape index (κ2) is 6.56. The van der Waals surface area contributed by atoms with E-state index in [1.54, 1.807) is 6.92 Å². The third kappa shape index (κ3) is 3.85. The SMILES string of the molecule is CCOC(=O)CNC(=O)c1cc(F)c(Cl)cc1Cl. The predicted molar refractivity (Wildman–Crippen MR) is 65.4 cm³/mol. The molecule has 7 heteroatoms. The highest BCUT2D eigenvalue weighted by atomic mass is 35.5. The summed E-state index contributed by atoms with van der Waals surface area (Å²) in [5.74, 6) is -2.03. The second-order valence-corrected chi connectivity index (χ2v) is 4.05. The molecule has 0 atom stereocenters. The first kappa shape index (κ1) is 14.7. The fourth-order valence-electron chi connectivity index (χ4n) is 1.16. The minimum absolute atomic E-state index is 0.00255. The Morgan fingerprint density at radius 1 is 1.33 bits per heavy atom. The molecule has 0 aliphatic carbocycles. The monoisotopic (exact) mass is 293 g/mol. The van der Waals surface area contributed by atoms with E-state index in [9.17, 15) is 14.0 Å². The van der Waals surface area contributed by atoms with Gasteiger partial charge < -0.3 is 10.1 Å². The number of halogens is 3. The lowest BCUT2D eigenvalue weighted by molar-refractivity contribution is -0.141. The Hall–Kier alpha value is -1.33. The Morgan fingerprint density at radius 2 is 2.00 bits per heavy atom. The van der Waals surface area contributed by atoms with E-state index in [1.165, 1.54) is 0 Å². The van der Waals surface area contributed by atoms with Crippen LogP contribution < -0.4 is 5.32 Å². The molecule has 1 rings (SSSR count). The van der Waals surface area contributed by atoms with Gasteiger partial charge in [-0.1, -0.05) is 23.2 Å². The van der Waals surface area contributed by atoms with E-state index < -0.39 is 17.7 Å². The van der Waals surface area contributed by atoms with Crippen LogP contribution in [0.3, 0.4) is 0 Å². The van der Waals surface area contributed by atoms with Crippen LogP contribution in [0, 0.1) is 5.82 Å². The molecule has 0 radical (unpaired) electrons. The second-order valence-electron chi connectivity index (χ2n) is 3.23. The largest absolute Gasteiger partial charge is 0.465 e. The summed E-state index contributed by atoms with van der Waals surface area (Å²) in [6.45, 7) is 1.55. The number of amides is 1. The van der Waals surface area contributed by atoms with Gasteiger partial charge in [0.2, 0.25) is 0 Å². The number of ether oxygens (including phenoxy) is 1. The number of nitrogens with one attached hydrogen (secondary N) is 1. The van der Waals surface area contributed by atoms with Crippen LogP contribution >= 0.6 is 23.2 Å². The van der Waals surface area contributed by atoms with Crippen LogP contribution in [-0.2, 0) is 9.53 Å². The highest BCUT2D eigenvalue weighted by Crippen LogP contribution is 2.24. The van der Waals surface area contributed by atoms with E-state index in [4.69, 9.17) is 23.2 Å². The van der Waals surface area contributed by atoms with E-state index in [0.717, 1.165) is 12.1 Å². The molecule has 0 bridgehead atoms. The van der Waals surface area contributed by atoms with Crippen molar-refractivity contribution in [2.45, 2.75) is 6.92 Å². The van der Waals surface area contributed by atoms with Gasteiger partial charge in [0.1, 0.15) is 12.4 Å². The van der Waals surface area contributed by atoms with Crippen molar-refractivity contribution in [3.8, 4) is 0 Å². The minimum Gasteiger partial charge on any atom is -0.465 e. The lowest BCUT2D eigenvalue weighted by Gasteiger charge is -2.07. The molecule has 0 saturated heterocycles. The first-order valence-electron chi connectivity index (χ1n) is 5.04. The number of hydrogen-bond acceptors (Lipinski definition) is 3. The number of benzene rings is 1. The Labute approximate surface area is 113 Å². The number of carbonyl (C=O) groups excluding carboxylic acids is 2. The van der Waals surface area contributed by atoms with Crippen molar-refractivity contribution in [2.75, 3.05) is 13.2 Å². The zero-order valence-corrected chi connectivity index (χ0v) is 10.9. The standard InChI is InChI=1S/C11H10Cl2FNO3/c1-2-18-10(16)5-15-11(17)6-3-9(14)8(13)4-7(6)12/h3-4H,2,5H2,1H3,(H,15,17). The van der Waals surface area contributed by atoms with Crippen molar-refractivity contribution >= 4 is 35.1 Å². The van der Waals surface area contributed by atoms with Crippen LogP contribution in [0.15, 0.2) is 12.1 Å². The highest BCUT2D eigenvalue weighted by molar-refractivity contribution is 6.36. The van der Waals surface area contributed by atoms with E-state index in [-0.39, 0.29) is 28.8 Å². The molecule has 0 aliphatic heterocycles. The van der Waals surface area contributed by atoms with Crippen LogP contribution in [0.1, 0.15) is 17.3 Å². The average molecular weight is 294 g/mol. The van der Waals surface area contributed by atoms with Gasteiger partial charge in [-0.15, -0.1) is 0 Å². The molecule has 0 unspecified atom stereocenters. The third-order valence-corrected chi connectivity index (χ3v) is 2.56. The molecule has 1 N–H and O–H groups in total. The van der Waals surface area contributed by atoms with Gasteiger partial charge in [0.15, 0.2) is 0 Å². The number of esters is 1. The van der Waals surface area contributed by atoms with Crippen molar-refractivity contribution < 1.29 is 18.7 Å². The zero-order valence-electron chi connectivity index (χ0n) is 9.43. The lowest BCUT2D eigenvalue weighted by atomic mass is 10.2. The lowest BCUT2D eigenvalue weighted by Crippen LogP contribution is -2.30. The molecule has 18 heavy (non-hydrogen) atoms. The van der Waals surface area contributed by atoms with Gasteiger partial charge in [-0.05, 0) is 19.1 Å². The molecule has 1 aromatic carbocycles. The van der Waals surface area contributed by atoms with Gasteiger partial charge in [-0.2, -0.15) is 0 Å². The van der Waals surface area contributed by atoms with Crippen LogP contribution in [0.25, 0.3) is 0 Å². The number of hydrogen-bond donors (Lipinski definition) is 1. The molecule has 1 amide bonds. The number of rotatable bonds is 4. The Morgan fingerprint density at radius 3 is 2.61 bits per heavy atom. The van der Waals surface area contributed by atoms with E-state index in [1.807, 2.05) is 0 Å². The first-order chi connectivity index (χ1) is 8.45. The van der Waals surface area contributed by atoms with Gasteiger partial charge in [0.05, 0.1) is 22.2 Å². The summed E-state index contributed by atoms with van der Waals surface area (Å²) in [5, 5.41) is 2.09. The minimum atomic E-state index is -0.762. The first-order valence-corrected chi connectivity index (χ1v) is 5.79. The van der Waals surface area contributed by atoms with Crippen LogP contribution in [0.4, 0.5) is 4.39 Å². The molecule has 0 fully saturated rings. The molecular weight excluding hydrogens is 284 g/mol. The molecule has 0 spiro atoms. The van der Waals surface area contributed by atoms with Gasteiger partial charge in [-0.3, -0.25) is 9.59 Å². The average Bonchev–Trinajstić information content (AvgIpc) is 2.31.